The minimum Gasteiger partial charge on any atom is -0.451 e. The molecule has 0 atom stereocenters. The molecular formula is C20H18FNO3. The summed E-state index contributed by atoms with van der Waals surface area (Å²) in [6.07, 6.45) is 0. The first-order chi connectivity index (χ1) is 12.2. The molecule has 0 aliphatic rings. The summed E-state index contributed by atoms with van der Waals surface area (Å²) in [6.45, 7) is 2.94. The first kappa shape index (κ1) is 16.9. The van der Waals surface area contributed by atoms with Crippen molar-refractivity contribution < 1.29 is 18.3 Å². The zero-order chi connectivity index (χ0) is 17.6. The topological polar surface area (TPSA) is 51.5 Å². The predicted octanol–water partition coefficient (Wildman–Crippen LogP) is 4.87. The highest BCUT2D eigenvalue weighted by atomic mass is 19.1. The molecule has 128 valence electrons. The molecule has 1 aromatic heterocycles. The lowest BCUT2D eigenvalue weighted by molar-refractivity contribution is 0.0996. The van der Waals surface area contributed by atoms with E-state index in [0.29, 0.717) is 30.2 Å². The third-order valence-electron chi connectivity index (χ3n) is 3.69. The Morgan fingerprint density at radius 1 is 1.08 bits per heavy atom. The van der Waals surface area contributed by atoms with Crippen molar-refractivity contribution in [2.45, 2.75) is 13.5 Å². The number of rotatable bonds is 6. The maximum absolute atomic E-state index is 13.0. The molecule has 0 aliphatic heterocycles. The van der Waals surface area contributed by atoms with Crippen LogP contribution in [-0.4, -0.2) is 12.5 Å². The number of carbonyl (C=O) groups excluding carboxylic acids is 1. The van der Waals surface area contributed by atoms with Crippen molar-refractivity contribution in [2.24, 2.45) is 0 Å². The molecule has 3 rings (SSSR count). The molecule has 2 aromatic carbocycles. The molecule has 0 saturated heterocycles. The number of para-hydroxylation sites is 1. The third kappa shape index (κ3) is 4.14. The van der Waals surface area contributed by atoms with Crippen LogP contribution >= 0.6 is 0 Å². The molecule has 4 nitrogen and oxygen atoms in total. The Morgan fingerprint density at radius 3 is 2.60 bits per heavy atom. The smallest absolute Gasteiger partial charge is 0.291 e. The fourth-order valence-corrected chi connectivity index (χ4v) is 2.39. The highest BCUT2D eigenvalue weighted by Crippen LogP contribution is 2.24. The Bertz CT molecular complexity index is 855. The number of hydrogen-bond acceptors (Lipinski definition) is 3. The Kier molecular flexibility index (Phi) is 5.26. The monoisotopic (exact) mass is 339 g/mol. The number of halogens is 1. The number of ether oxygens (including phenoxy) is 1. The third-order valence-corrected chi connectivity index (χ3v) is 3.69. The molecule has 1 N–H and O–H groups in total. The predicted molar refractivity (Wildman–Crippen MR) is 93.8 cm³/mol. The molecule has 1 heterocycles. The van der Waals surface area contributed by atoms with Crippen LogP contribution in [-0.2, 0) is 11.3 Å². The lowest BCUT2D eigenvalue weighted by atomic mass is 10.2. The van der Waals surface area contributed by atoms with Gasteiger partial charge in [-0.05, 0) is 49.4 Å². The van der Waals surface area contributed by atoms with Gasteiger partial charge in [0.05, 0.1) is 6.61 Å². The maximum Gasteiger partial charge on any atom is 0.291 e. The molecule has 0 fully saturated rings. The van der Waals surface area contributed by atoms with Gasteiger partial charge < -0.3 is 14.5 Å². The van der Waals surface area contributed by atoms with Gasteiger partial charge >= 0.3 is 0 Å². The SMILES string of the molecule is CCOCc1ccccc1NC(=O)c1ccc(-c2ccc(F)cc2)o1. The van der Waals surface area contributed by atoms with Crippen LogP contribution in [0.15, 0.2) is 65.1 Å². The molecule has 0 bridgehead atoms. The summed E-state index contributed by atoms with van der Waals surface area (Å²) in [7, 11) is 0. The van der Waals surface area contributed by atoms with Crippen molar-refractivity contribution in [3.63, 3.8) is 0 Å². The Morgan fingerprint density at radius 2 is 1.84 bits per heavy atom. The molecule has 0 unspecified atom stereocenters. The van der Waals surface area contributed by atoms with Gasteiger partial charge in [-0.3, -0.25) is 4.79 Å². The Labute approximate surface area is 145 Å². The van der Waals surface area contributed by atoms with Crippen LogP contribution in [0.4, 0.5) is 10.1 Å². The molecule has 0 aliphatic carbocycles. The first-order valence-corrected chi connectivity index (χ1v) is 8.00. The maximum atomic E-state index is 13.0. The summed E-state index contributed by atoms with van der Waals surface area (Å²) < 4.78 is 24.0. The van der Waals surface area contributed by atoms with Crippen LogP contribution in [0.3, 0.4) is 0 Å². The van der Waals surface area contributed by atoms with Gasteiger partial charge in [-0.2, -0.15) is 0 Å². The standard InChI is InChI=1S/C20H18FNO3/c1-2-24-13-15-5-3-4-6-17(15)22-20(23)19-12-11-18(25-19)14-7-9-16(21)10-8-14/h3-12H,2,13H2,1H3,(H,22,23). The van der Waals surface area contributed by atoms with E-state index < -0.39 is 0 Å². The molecule has 3 aromatic rings. The molecule has 1 amide bonds. The summed E-state index contributed by atoms with van der Waals surface area (Å²) in [5.41, 5.74) is 2.28. The van der Waals surface area contributed by atoms with Crippen LogP contribution in [0.2, 0.25) is 0 Å². The zero-order valence-electron chi connectivity index (χ0n) is 13.8. The van der Waals surface area contributed by atoms with Crippen molar-refractivity contribution >= 4 is 11.6 Å². The first-order valence-electron chi connectivity index (χ1n) is 8.00. The van der Waals surface area contributed by atoms with Gasteiger partial charge in [-0.25, -0.2) is 4.39 Å². The lowest BCUT2D eigenvalue weighted by Gasteiger charge is -2.10. The second-order valence-corrected chi connectivity index (χ2v) is 5.42. The normalized spacial score (nSPS) is 10.6. The summed E-state index contributed by atoms with van der Waals surface area (Å²) in [5.74, 6) is 0.0229. The Balaban J connectivity index is 1.75. The van der Waals surface area contributed by atoms with Crippen LogP contribution in [0, 0.1) is 5.82 Å². The zero-order valence-corrected chi connectivity index (χ0v) is 13.8. The number of furan rings is 1. The number of nitrogens with one attached hydrogen (secondary N) is 1. The minimum atomic E-state index is -0.350. The van der Waals surface area contributed by atoms with Crippen LogP contribution in [0.1, 0.15) is 23.0 Å². The van der Waals surface area contributed by atoms with Gasteiger partial charge in [0.2, 0.25) is 0 Å². The highest BCUT2D eigenvalue weighted by molar-refractivity contribution is 6.03. The number of amides is 1. The number of benzene rings is 2. The second-order valence-electron chi connectivity index (χ2n) is 5.42. The second kappa shape index (κ2) is 7.77. The van der Waals surface area contributed by atoms with Crippen molar-refractivity contribution in [2.75, 3.05) is 11.9 Å². The number of hydrogen-bond donors (Lipinski definition) is 1. The van der Waals surface area contributed by atoms with Crippen LogP contribution in [0.25, 0.3) is 11.3 Å². The van der Waals surface area contributed by atoms with Crippen molar-refractivity contribution in [3.05, 3.63) is 77.8 Å². The van der Waals surface area contributed by atoms with Crippen LogP contribution in [0.5, 0.6) is 0 Å². The molecule has 5 heteroatoms. The van der Waals surface area contributed by atoms with Gasteiger partial charge in [0.15, 0.2) is 5.76 Å². The van der Waals surface area contributed by atoms with E-state index in [1.54, 1.807) is 24.3 Å². The van der Waals surface area contributed by atoms with E-state index >= 15 is 0 Å². The average Bonchev–Trinajstić information content (AvgIpc) is 3.12. The fraction of sp³-hybridized carbons (Fsp3) is 0.150. The van der Waals surface area contributed by atoms with E-state index in [1.807, 2.05) is 31.2 Å². The molecule has 0 saturated carbocycles. The molecule has 25 heavy (non-hydrogen) atoms. The van der Waals surface area contributed by atoms with Crippen molar-refractivity contribution in [1.29, 1.82) is 0 Å². The summed E-state index contributed by atoms with van der Waals surface area (Å²) >= 11 is 0. The largest absolute Gasteiger partial charge is 0.451 e. The van der Waals surface area contributed by atoms with E-state index in [0.717, 1.165) is 5.56 Å². The molecule has 0 spiro atoms. The van der Waals surface area contributed by atoms with Gasteiger partial charge in [-0.15, -0.1) is 0 Å². The van der Waals surface area contributed by atoms with E-state index in [9.17, 15) is 9.18 Å². The van der Waals surface area contributed by atoms with E-state index in [4.69, 9.17) is 9.15 Å². The average molecular weight is 339 g/mol. The van der Waals surface area contributed by atoms with Crippen molar-refractivity contribution in [1.82, 2.24) is 0 Å². The van der Waals surface area contributed by atoms with Crippen LogP contribution < -0.4 is 5.32 Å². The fourth-order valence-electron chi connectivity index (χ4n) is 2.39. The number of anilines is 1. The quantitative estimate of drug-likeness (QED) is 0.697. The van der Waals surface area contributed by atoms with Gasteiger partial charge in [0.1, 0.15) is 11.6 Å². The van der Waals surface area contributed by atoms with Gasteiger partial charge in [-0.1, -0.05) is 18.2 Å². The number of carbonyl (C=O) groups is 1. The summed E-state index contributed by atoms with van der Waals surface area (Å²) in [4.78, 5) is 12.4. The van der Waals surface area contributed by atoms with E-state index in [-0.39, 0.29) is 17.5 Å². The minimum absolute atomic E-state index is 0.186. The summed E-state index contributed by atoms with van der Waals surface area (Å²) in [5, 5.41) is 2.84. The van der Waals surface area contributed by atoms with E-state index in [1.165, 1.54) is 12.1 Å². The van der Waals surface area contributed by atoms with E-state index in [2.05, 4.69) is 5.32 Å². The lowest BCUT2D eigenvalue weighted by Crippen LogP contribution is -2.12. The van der Waals surface area contributed by atoms with Gasteiger partial charge in [0.25, 0.3) is 5.91 Å². The highest BCUT2D eigenvalue weighted by Gasteiger charge is 2.14. The van der Waals surface area contributed by atoms with Gasteiger partial charge in [0, 0.05) is 23.4 Å². The Hall–Kier alpha value is -2.92. The molecule has 0 radical (unpaired) electrons. The summed E-state index contributed by atoms with van der Waals surface area (Å²) in [6, 6.07) is 16.6. The molecular weight excluding hydrogens is 321 g/mol. The van der Waals surface area contributed by atoms with Crippen molar-refractivity contribution in [3.8, 4) is 11.3 Å².